The predicted octanol–water partition coefficient (Wildman–Crippen LogP) is 0.690. The van der Waals surface area contributed by atoms with E-state index in [0.29, 0.717) is 31.8 Å². The second-order valence-electron chi connectivity index (χ2n) is 5.32. The lowest BCUT2D eigenvalue weighted by Gasteiger charge is -2.36. The number of methoxy groups -OCH3 is 1. The molecule has 0 saturated carbocycles. The molecular formula is C14H18N2O4S. The van der Waals surface area contributed by atoms with Crippen molar-refractivity contribution in [2.24, 2.45) is 0 Å². The van der Waals surface area contributed by atoms with Gasteiger partial charge < -0.3 is 9.64 Å². The lowest BCUT2D eigenvalue weighted by molar-refractivity contribution is -0.130. The first-order valence-corrected chi connectivity index (χ1v) is 8.40. The lowest BCUT2D eigenvalue weighted by Crippen LogP contribution is -2.53. The molecule has 1 atom stereocenters. The normalized spacial score (nSPS) is 23.2. The molecule has 2 heterocycles. The van der Waals surface area contributed by atoms with Crippen LogP contribution in [0.15, 0.2) is 29.2 Å². The maximum atomic E-state index is 12.7. The molecular weight excluding hydrogens is 292 g/mol. The van der Waals surface area contributed by atoms with Crippen molar-refractivity contribution >= 4 is 15.9 Å². The summed E-state index contributed by atoms with van der Waals surface area (Å²) in [7, 11) is -2.03. The van der Waals surface area contributed by atoms with Crippen LogP contribution < -0.4 is 4.74 Å². The number of nitrogens with zero attached hydrogens (tertiary/aromatic N) is 2. The number of hydrogen-bond acceptors (Lipinski definition) is 4. The van der Waals surface area contributed by atoms with E-state index in [1.54, 1.807) is 23.1 Å². The minimum Gasteiger partial charge on any atom is -0.497 e. The molecule has 0 radical (unpaired) electrons. The molecule has 21 heavy (non-hydrogen) atoms. The van der Waals surface area contributed by atoms with Crippen LogP contribution in [0.1, 0.15) is 12.8 Å². The average molecular weight is 310 g/mol. The molecule has 2 fully saturated rings. The number of carbonyl (C=O) groups excluding carboxylic acids is 1. The quantitative estimate of drug-likeness (QED) is 0.824. The SMILES string of the molecule is COc1cccc(S(=O)(=O)N2CCN3C(=O)CCC3C2)c1. The van der Waals surface area contributed by atoms with Crippen LogP contribution in [0.4, 0.5) is 0 Å². The highest BCUT2D eigenvalue weighted by atomic mass is 32.2. The van der Waals surface area contributed by atoms with Gasteiger partial charge in [-0.3, -0.25) is 4.79 Å². The average Bonchev–Trinajstić information content (AvgIpc) is 2.88. The van der Waals surface area contributed by atoms with Gasteiger partial charge in [0.15, 0.2) is 0 Å². The van der Waals surface area contributed by atoms with Crippen LogP contribution in [0, 0.1) is 0 Å². The number of amides is 1. The Balaban J connectivity index is 1.84. The maximum absolute atomic E-state index is 12.7. The summed E-state index contributed by atoms with van der Waals surface area (Å²) in [5.41, 5.74) is 0. The molecule has 1 amide bonds. The highest BCUT2D eigenvalue weighted by Crippen LogP contribution is 2.27. The number of fused-ring (bicyclic) bond motifs is 1. The number of rotatable bonds is 3. The van der Waals surface area contributed by atoms with Gasteiger partial charge in [-0.2, -0.15) is 4.31 Å². The Hall–Kier alpha value is -1.60. The first-order chi connectivity index (χ1) is 10.0. The third-order valence-electron chi connectivity index (χ3n) is 4.14. The van der Waals surface area contributed by atoms with Crippen molar-refractivity contribution < 1.29 is 17.9 Å². The van der Waals surface area contributed by atoms with Gasteiger partial charge in [-0.05, 0) is 18.6 Å². The Labute approximate surface area is 124 Å². The summed E-state index contributed by atoms with van der Waals surface area (Å²) in [4.78, 5) is 13.7. The van der Waals surface area contributed by atoms with Crippen molar-refractivity contribution in [1.82, 2.24) is 9.21 Å². The van der Waals surface area contributed by atoms with Gasteiger partial charge in [0, 0.05) is 38.2 Å². The number of ether oxygens (including phenoxy) is 1. The second kappa shape index (κ2) is 5.31. The Kier molecular flexibility index (Phi) is 3.62. The van der Waals surface area contributed by atoms with Crippen LogP contribution in [0.3, 0.4) is 0 Å². The zero-order valence-electron chi connectivity index (χ0n) is 11.9. The van der Waals surface area contributed by atoms with E-state index in [0.717, 1.165) is 6.42 Å². The van der Waals surface area contributed by atoms with Gasteiger partial charge in [-0.15, -0.1) is 0 Å². The number of sulfonamides is 1. The summed E-state index contributed by atoms with van der Waals surface area (Å²) < 4.78 is 31.9. The fourth-order valence-corrected chi connectivity index (χ4v) is 4.47. The van der Waals surface area contributed by atoms with E-state index in [9.17, 15) is 13.2 Å². The standard InChI is InChI=1S/C14H18N2O4S/c1-20-12-3-2-4-13(9-12)21(18,19)15-7-8-16-11(10-15)5-6-14(16)17/h2-4,9,11H,5-8,10H2,1H3. The molecule has 3 rings (SSSR count). The first kappa shape index (κ1) is 14.3. The molecule has 114 valence electrons. The molecule has 0 bridgehead atoms. The number of piperazine rings is 1. The highest BCUT2D eigenvalue weighted by molar-refractivity contribution is 7.89. The molecule has 2 aliphatic heterocycles. The Morgan fingerprint density at radius 3 is 2.86 bits per heavy atom. The monoisotopic (exact) mass is 310 g/mol. The van der Waals surface area contributed by atoms with E-state index in [1.165, 1.54) is 17.5 Å². The number of carbonyl (C=O) groups is 1. The van der Waals surface area contributed by atoms with Crippen molar-refractivity contribution in [3.63, 3.8) is 0 Å². The van der Waals surface area contributed by atoms with E-state index in [2.05, 4.69) is 0 Å². The van der Waals surface area contributed by atoms with E-state index < -0.39 is 10.0 Å². The first-order valence-electron chi connectivity index (χ1n) is 6.96. The number of benzene rings is 1. The Bertz CT molecular complexity index is 659. The summed E-state index contributed by atoms with van der Waals surface area (Å²) >= 11 is 0. The van der Waals surface area contributed by atoms with Crippen LogP contribution in [-0.2, 0) is 14.8 Å². The Morgan fingerprint density at radius 1 is 1.29 bits per heavy atom. The molecule has 2 saturated heterocycles. The second-order valence-corrected chi connectivity index (χ2v) is 7.26. The third kappa shape index (κ3) is 2.51. The van der Waals surface area contributed by atoms with Crippen molar-refractivity contribution in [1.29, 1.82) is 0 Å². The predicted molar refractivity (Wildman–Crippen MR) is 76.5 cm³/mol. The highest BCUT2D eigenvalue weighted by Gasteiger charge is 2.39. The molecule has 7 heteroatoms. The summed E-state index contributed by atoms with van der Waals surface area (Å²) in [6.07, 6.45) is 1.26. The maximum Gasteiger partial charge on any atom is 0.243 e. The van der Waals surface area contributed by atoms with E-state index in [1.807, 2.05) is 0 Å². The largest absolute Gasteiger partial charge is 0.497 e. The smallest absolute Gasteiger partial charge is 0.243 e. The van der Waals surface area contributed by atoms with Crippen LogP contribution >= 0.6 is 0 Å². The van der Waals surface area contributed by atoms with Crippen molar-refractivity contribution in [2.75, 3.05) is 26.7 Å². The summed E-state index contributed by atoms with van der Waals surface area (Å²) in [5.74, 6) is 0.657. The van der Waals surface area contributed by atoms with E-state index in [4.69, 9.17) is 4.74 Å². The van der Waals surface area contributed by atoms with E-state index >= 15 is 0 Å². The molecule has 2 aliphatic rings. The fourth-order valence-electron chi connectivity index (χ4n) is 2.96. The van der Waals surface area contributed by atoms with Crippen molar-refractivity contribution in [3.8, 4) is 5.75 Å². The minimum absolute atomic E-state index is 0.0200. The van der Waals surface area contributed by atoms with Gasteiger partial charge >= 0.3 is 0 Å². The summed E-state index contributed by atoms with van der Waals surface area (Å²) in [5, 5.41) is 0. The van der Waals surface area contributed by atoms with Crippen LogP contribution in [0.25, 0.3) is 0 Å². The van der Waals surface area contributed by atoms with Crippen LogP contribution in [-0.4, -0.2) is 56.3 Å². The van der Waals surface area contributed by atoms with Gasteiger partial charge in [0.2, 0.25) is 15.9 Å². The molecule has 0 aliphatic carbocycles. The van der Waals surface area contributed by atoms with Gasteiger partial charge in [0.25, 0.3) is 0 Å². The number of hydrogen-bond donors (Lipinski definition) is 0. The molecule has 6 nitrogen and oxygen atoms in total. The van der Waals surface area contributed by atoms with Crippen LogP contribution in [0.5, 0.6) is 5.75 Å². The zero-order valence-corrected chi connectivity index (χ0v) is 12.7. The zero-order chi connectivity index (χ0) is 15.0. The third-order valence-corrected chi connectivity index (χ3v) is 6.00. The molecule has 0 aromatic heterocycles. The van der Waals surface area contributed by atoms with Gasteiger partial charge in [-0.1, -0.05) is 6.07 Å². The van der Waals surface area contributed by atoms with Crippen LogP contribution in [0.2, 0.25) is 0 Å². The fraction of sp³-hybridized carbons (Fsp3) is 0.500. The molecule has 0 spiro atoms. The van der Waals surface area contributed by atoms with Crippen molar-refractivity contribution in [3.05, 3.63) is 24.3 Å². The molecule has 1 aromatic carbocycles. The van der Waals surface area contributed by atoms with Gasteiger partial charge in [-0.25, -0.2) is 8.42 Å². The van der Waals surface area contributed by atoms with E-state index in [-0.39, 0.29) is 16.8 Å². The van der Waals surface area contributed by atoms with Crippen molar-refractivity contribution in [2.45, 2.75) is 23.8 Å². The molecule has 1 unspecified atom stereocenters. The Morgan fingerprint density at radius 2 is 2.10 bits per heavy atom. The summed E-state index contributed by atoms with van der Waals surface area (Å²) in [6.45, 7) is 1.21. The molecule has 0 N–H and O–H groups in total. The van der Waals surface area contributed by atoms with Gasteiger partial charge in [0.05, 0.1) is 12.0 Å². The lowest BCUT2D eigenvalue weighted by atomic mass is 10.2. The summed E-state index contributed by atoms with van der Waals surface area (Å²) in [6, 6.07) is 6.51. The minimum atomic E-state index is -3.54. The topological polar surface area (TPSA) is 66.9 Å². The van der Waals surface area contributed by atoms with Gasteiger partial charge in [0.1, 0.15) is 5.75 Å². The molecule has 1 aromatic rings.